The molecule has 0 atom stereocenters. The molecule has 0 aliphatic rings. The van der Waals surface area contributed by atoms with Crippen molar-refractivity contribution in [3.63, 3.8) is 0 Å². The van der Waals surface area contributed by atoms with Crippen molar-refractivity contribution in [3.8, 4) is 0 Å². The maximum Gasteiger partial charge on any atom is 0 e. The zero-order chi connectivity index (χ0) is 0. The van der Waals surface area contributed by atoms with Crippen molar-refractivity contribution in [2.45, 2.75) is 0 Å². The fourth-order valence-electron chi connectivity index (χ4n) is 0. The van der Waals surface area contributed by atoms with E-state index in [2.05, 4.69) is 0 Å². The summed E-state index contributed by atoms with van der Waals surface area (Å²) in [6.07, 6.45) is 0. The van der Waals surface area contributed by atoms with Crippen LogP contribution in [0.4, 0.5) is 0 Å². The number of hydrogen-bond acceptors (Lipinski definition) is 1. The Morgan fingerprint density at radius 2 is 0.857 bits per heavy atom. The molecule has 5 N–H and O–H groups in total. The molecule has 8 radical (unpaired) electrons. The van der Waals surface area contributed by atoms with E-state index < -0.39 is 0 Å². The molecule has 34 valence electrons. The van der Waals surface area contributed by atoms with E-state index in [4.69, 9.17) is 0 Å². The standard InChI is InChI=1S/Al.Na.3H2O.Si.Zn/h;;3*1H2;;/p-1. The zero-order valence-corrected chi connectivity index (χ0v) is 11.4. The molecular formula is H5AlNaO3SiZn-. The molecule has 0 spiro atoms. The smallest absolute Gasteiger partial charge is 0 e. The third-order valence-corrected chi connectivity index (χ3v) is 0. The number of rotatable bonds is 0. The van der Waals surface area contributed by atoms with Crippen molar-refractivity contribution in [1.82, 2.24) is 0 Å². The van der Waals surface area contributed by atoms with E-state index in [0.717, 1.165) is 0 Å². The molecule has 0 saturated heterocycles. The van der Waals surface area contributed by atoms with Crippen LogP contribution in [0.5, 0.6) is 0 Å². The van der Waals surface area contributed by atoms with Crippen LogP contribution in [0, 0.1) is 0 Å². The summed E-state index contributed by atoms with van der Waals surface area (Å²) in [5.74, 6) is 0. The first kappa shape index (κ1) is 124. The molecule has 0 unspecified atom stereocenters. The summed E-state index contributed by atoms with van der Waals surface area (Å²) in [6, 6.07) is 0. The van der Waals surface area contributed by atoms with Crippen LogP contribution in [-0.4, -0.2) is 74.3 Å². The fourth-order valence-corrected chi connectivity index (χ4v) is 0. The van der Waals surface area contributed by atoms with Gasteiger partial charge in [-0.3, -0.25) is 0 Å². The van der Waals surface area contributed by atoms with Crippen LogP contribution < -0.4 is 0 Å². The Hall–Kier alpha value is 2.25. The van der Waals surface area contributed by atoms with Gasteiger partial charge < -0.3 is 16.4 Å². The maximum atomic E-state index is 0. The topological polar surface area (TPSA) is 93.0 Å². The van der Waals surface area contributed by atoms with Gasteiger partial charge in [-0.25, -0.2) is 0 Å². The van der Waals surface area contributed by atoms with E-state index in [1.54, 1.807) is 0 Å². The Kier molecular flexibility index (Phi) is 1520. The Morgan fingerprint density at radius 1 is 0.857 bits per heavy atom. The van der Waals surface area contributed by atoms with Crippen molar-refractivity contribution < 1.29 is 35.9 Å². The SMILES string of the molecule is O.O.[Al].[Na].[OH-].[Si].[Zn]. The molecule has 0 heterocycles. The molecule has 0 amide bonds. The van der Waals surface area contributed by atoms with E-state index in [9.17, 15) is 0 Å². The van der Waals surface area contributed by atoms with Gasteiger partial charge >= 0.3 is 0 Å². The molecule has 0 aliphatic heterocycles. The van der Waals surface area contributed by atoms with Crippen molar-refractivity contribution in [3.05, 3.63) is 0 Å². The minimum Gasteiger partial charge on any atom is -0.870 e. The van der Waals surface area contributed by atoms with Crippen LogP contribution in [0.15, 0.2) is 0 Å². The summed E-state index contributed by atoms with van der Waals surface area (Å²) in [6.45, 7) is 0. The molecule has 3 nitrogen and oxygen atoms in total. The van der Waals surface area contributed by atoms with Gasteiger partial charge in [-0.2, -0.15) is 0 Å². The van der Waals surface area contributed by atoms with Gasteiger partial charge in [-0.05, 0) is 0 Å². The average molecular weight is 196 g/mol. The normalized spacial score (nSPS) is 0. The first-order valence-corrected chi connectivity index (χ1v) is 0. The van der Waals surface area contributed by atoms with Gasteiger partial charge in [0.1, 0.15) is 0 Å². The molecule has 0 fully saturated rings. The predicted octanol–water partition coefficient (Wildman–Crippen LogP) is -2.97. The minimum absolute atomic E-state index is 0. The summed E-state index contributed by atoms with van der Waals surface area (Å²) in [4.78, 5) is 0. The van der Waals surface area contributed by atoms with Crippen molar-refractivity contribution in [1.29, 1.82) is 0 Å². The van der Waals surface area contributed by atoms with E-state index in [0.29, 0.717) is 0 Å². The van der Waals surface area contributed by atoms with Gasteiger partial charge in [0.2, 0.25) is 0 Å². The van der Waals surface area contributed by atoms with Gasteiger partial charge in [-0.1, -0.05) is 0 Å². The van der Waals surface area contributed by atoms with Crippen LogP contribution in [0.3, 0.4) is 0 Å². The largest absolute Gasteiger partial charge is 0.870 e. The van der Waals surface area contributed by atoms with Gasteiger partial charge in [0, 0.05) is 77.4 Å². The summed E-state index contributed by atoms with van der Waals surface area (Å²) >= 11 is 0. The van der Waals surface area contributed by atoms with Crippen LogP contribution in [-0.2, 0) is 19.5 Å². The predicted molar refractivity (Wildman–Crippen MR) is 26.4 cm³/mol. The van der Waals surface area contributed by atoms with Gasteiger partial charge in [0.05, 0.1) is 0 Å². The third kappa shape index (κ3) is 63.6. The molecule has 0 saturated carbocycles. The Morgan fingerprint density at radius 3 is 0.857 bits per heavy atom. The molecule has 0 aromatic heterocycles. The first-order chi connectivity index (χ1) is 0. The second kappa shape index (κ2) is 85.5. The Labute approximate surface area is 92.8 Å². The maximum absolute atomic E-state index is 0. The monoisotopic (exact) mass is 195 g/mol. The molecule has 0 rings (SSSR count). The number of hydrogen-bond donors (Lipinski definition) is 0. The molecule has 0 bridgehead atoms. The molecule has 7 heteroatoms. The Balaban J connectivity index is 0. The van der Waals surface area contributed by atoms with Gasteiger partial charge in [-0.15, -0.1) is 0 Å². The summed E-state index contributed by atoms with van der Waals surface area (Å²) in [5, 5.41) is 0. The Bertz CT molecular complexity index is 14.9. The summed E-state index contributed by atoms with van der Waals surface area (Å²) in [7, 11) is 0. The molecule has 0 aliphatic carbocycles. The first-order valence-electron chi connectivity index (χ1n) is 0. The molecule has 7 heavy (non-hydrogen) atoms. The fraction of sp³-hybridized carbons (Fsp3) is 0. The summed E-state index contributed by atoms with van der Waals surface area (Å²) < 4.78 is 0. The van der Waals surface area contributed by atoms with Gasteiger partial charge in [0.25, 0.3) is 0 Å². The average Bonchev–Trinajstić information content (AvgIpc) is 0. The quantitative estimate of drug-likeness (QED) is 0.380. The van der Waals surface area contributed by atoms with E-state index in [1.807, 2.05) is 0 Å². The summed E-state index contributed by atoms with van der Waals surface area (Å²) in [5.41, 5.74) is 0. The second-order valence-electron chi connectivity index (χ2n) is 0. The van der Waals surface area contributed by atoms with Crippen LogP contribution >= 0.6 is 0 Å². The van der Waals surface area contributed by atoms with E-state index >= 15 is 0 Å². The van der Waals surface area contributed by atoms with Gasteiger partial charge in [0.15, 0.2) is 0 Å². The zero-order valence-electron chi connectivity index (χ0n) is 4.23. The van der Waals surface area contributed by atoms with Crippen molar-refractivity contribution in [2.24, 2.45) is 0 Å². The minimum atomic E-state index is 0. The van der Waals surface area contributed by atoms with E-state index in [-0.39, 0.29) is 93.8 Å². The second-order valence-corrected chi connectivity index (χ2v) is 0. The van der Waals surface area contributed by atoms with Crippen molar-refractivity contribution in [2.75, 3.05) is 0 Å². The third-order valence-electron chi connectivity index (χ3n) is 0. The molecule has 0 aromatic carbocycles. The van der Waals surface area contributed by atoms with Crippen molar-refractivity contribution >= 4 is 57.9 Å². The van der Waals surface area contributed by atoms with Crippen LogP contribution in [0.2, 0.25) is 0 Å². The van der Waals surface area contributed by atoms with Crippen LogP contribution in [0.25, 0.3) is 0 Å². The molecule has 0 aromatic rings. The van der Waals surface area contributed by atoms with E-state index in [1.165, 1.54) is 0 Å². The van der Waals surface area contributed by atoms with Crippen LogP contribution in [0.1, 0.15) is 0 Å². The molecular weight excluding hydrogens is 191 g/mol.